The number of nitrogens with zero attached hydrogens (tertiary/aromatic N) is 2. The number of hydrogen-bond acceptors (Lipinski definition) is 5. The number of rotatable bonds is 7. The number of nitro groups is 1. The monoisotopic (exact) mass is 317 g/mol. The third kappa shape index (κ3) is 4.23. The molecule has 1 aromatic heterocycles. The molecule has 1 unspecified atom stereocenters. The van der Waals surface area contributed by atoms with Gasteiger partial charge < -0.3 is 10.1 Å². The third-order valence-electron chi connectivity index (χ3n) is 2.38. The molecule has 0 fully saturated rings. The van der Waals surface area contributed by atoms with Crippen LogP contribution in [0.3, 0.4) is 0 Å². The second-order valence-corrected chi connectivity index (χ2v) is 4.78. The van der Waals surface area contributed by atoms with Gasteiger partial charge in [-0.05, 0) is 22.4 Å². The lowest BCUT2D eigenvalue weighted by atomic mass is 10.2. The first kappa shape index (κ1) is 14.8. The average Bonchev–Trinajstić information content (AvgIpc) is 2.32. The lowest BCUT2D eigenvalue weighted by Gasteiger charge is -2.17. The average molecular weight is 318 g/mol. The highest BCUT2D eigenvalue weighted by atomic mass is 79.9. The molecule has 0 saturated carbocycles. The van der Waals surface area contributed by atoms with E-state index in [1.807, 2.05) is 6.92 Å². The van der Waals surface area contributed by atoms with Crippen LogP contribution in [0.5, 0.6) is 0 Å². The first-order valence-electron chi connectivity index (χ1n) is 5.63. The van der Waals surface area contributed by atoms with Crippen molar-refractivity contribution < 1.29 is 9.66 Å². The Hall–Kier alpha value is -1.21. The lowest BCUT2D eigenvalue weighted by molar-refractivity contribution is -0.384. The van der Waals surface area contributed by atoms with Gasteiger partial charge in [0.15, 0.2) is 0 Å². The van der Waals surface area contributed by atoms with Gasteiger partial charge in [0, 0.05) is 23.8 Å². The van der Waals surface area contributed by atoms with Gasteiger partial charge in [0.2, 0.25) is 5.82 Å². The quantitative estimate of drug-likeness (QED) is 0.618. The van der Waals surface area contributed by atoms with Gasteiger partial charge in [-0.15, -0.1) is 0 Å². The minimum atomic E-state index is -0.449. The zero-order valence-corrected chi connectivity index (χ0v) is 11.9. The van der Waals surface area contributed by atoms with Gasteiger partial charge >= 0.3 is 5.69 Å². The van der Waals surface area contributed by atoms with Gasteiger partial charge in [0.05, 0.1) is 17.6 Å². The van der Waals surface area contributed by atoms with Crippen LogP contribution in [0.25, 0.3) is 0 Å². The van der Waals surface area contributed by atoms with E-state index in [4.69, 9.17) is 4.74 Å². The second-order valence-electron chi connectivity index (χ2n) is 3.86. The van der Waals surface area contributed by atoms with Crippen molar-refractivity contribution in [2.75, 3.05) is 19.0 Å². The summed E-state index contributed by atoms with van der Waals surface area (Å²) in [6.45, 7) is 2.54. The van der Waals surface area contributed by atoms with E-state index < -0.39 is 4.92 Å². The molecule has 1 aromatic rings. The molecule has 7 heteroatoms. The maximum atomic E-state index is 10.9. The van der Waals surface area contributed by atoms with Crippen LogP contribution in [0.1, 0.15) is 19.8 Å². The molecule has 6 nitrogen and oxygen atoms in total. The molecule has 0 spiro atoms. The van der Waals surface area contributed by atoms with E-state index in [1.54, 1.807) is 7.11 Å². The standard InChI is InChI=1S/C11H16BrN3O3/c1-3-4-9(7-18-2)14-11-10(15(16)17)5-8(12)6-13-11/h5-6,9H,3-4,7H2,1-2H3,(H,13,14). The van der Waals surface area contributed by atoms with E-state index >= 15 is 0 Å². The van der Waals surface area contributed by atoms with E-state index in [2.05, 4.69) is 26.2 Å². The normalized spacial score (nSPS) is 12.2. The lowest BCUT2D eigenvalue weighted by Crippen LogP contribution is -2.25. The summed E-state index contributed by atoms with van der Waals surface area (Å²) in [5, 5.41) is 14.0. The molecule has 1 rings (SSSR count). The molecule has 18 heavy (non-hydrogen) atoms. The van der Waals surface area contributed by atoms with Crippen molar-refractivity contribution in [3.8, 4) is 0 Å². The zero-order chi connectivity index (χ0) is 13.5. The SMILES string of the molecule is CCCC(COC)Nc1ncc(Br)cc1[N+](=O)[O-]. The Morgan fingerprint density at radius 1 is 1.67 bits per heavy atom. The first-order valence-corrected chi connectivity index (χ1v) is 6.43. The maximum absolute atomic E-state index is 10.9. The van der Waals surface area contributed by atoms with Gasteiger partial charge in [-0.2, -0.15) is 0 Å². The predicted octanol–water partition coefficient (Wildman–Crippen LogP) is 2.98. The summed E-state index contributed by atoms with van der Waals surface area (Å²) in [5.74, 6) is 0.277. The molecule has 0 aliphatic heterocycles. The molecule has 0 bridgehead atoms. The number of anilines is 1. The van der Waals surface area contributed by atoms with Gasteiger partial charge in [0.1, 0.15) is 0 Å². The third-order valence-corrected chi connectivity index (χ3v) is 2.81. The van der Waals surface area contributed by atoms with Crippen LogP contribution in [0.2, 0.25) is 0 Å². The molecule has 0 radical (unpaired) electrons. The smallest absolute Gasteiger partial charge is 0.312 e. The number of pyridine rings is 1. The molecule has 0 saturated heterocycles. The molecular formula is C11H16BrN3O3. The van der Waals surface area contributed by atoms with E-state index in [9.17, 15) is 10.1 Å². The highest BCUT2D eigenvalue weighted by Crippen LogP contribution is 2.26. The molecular weight excluding hydrogens is 302 g/mol. The fourth-order valence-electron chi connectivity index (χ4n) is 1.62. The van der Waals surface area contributed by atoms with E-state index in [0.29, 0.717) is 11.1 Å². The highest BCUT2D eigenvalue weighted by molar-refractivity contribution is 9.10. The summed E-state index contributed by atoms with van der Waals surface area (Å²) >= 11 is 3.17. The van der Waals surface area contributed by atoms with Crippen molar-refractivity contribution in [2.24, 2.45) is 0 Å². The molecule has 1 N–H and O–H groups in total. The van der Waals surface area contributed by atoms with Crippen LogP contribution in [0.4, 0.5) is 11.5 Å². The Bertz CT molecular complexity index is 409. The minimum absolute atomic E-state index is 0.0207. The maximum Gasteiger partial charge on any atom is 0.312 e. The number of halogens is 1. The van der Waals surface area contributed by atoms with E-state index in [1.165, 1.54) is 12.3 Å². The number of ether oxygens (including phenoxy) is 1. The van der Waals surface area contributed by atoms with Crippen molar-refractivity contribution in [2.45, 2.75) is 25.8 Å². The van der Waals surface area contributed by atoms with Gasteiger partial charge in [-0.1, -0.05) is 13.3 Å². The summed E-state index contributed by atoms with van der Waals surface area (Å²) in [5.41, 5.74) is -0.0402. The topological polar surface area (TPSA) is 77.3 Å². The van der Waals surface area contributed by atoms with Crippen LogP contribution in [0, 0.1) is 10.1 Å². The van der Waals surface area contributed by atoms with Crippen molar-refractivity contribution >= 4 is 27.4 Å². The number of methoxy groups -OCH3 is 1. The fourth-order valence-corrected chi connectivity index (χ4v) is 1.94. The number of hydrogen-bond donors (Lipinski definition) is 1. The summed E-state index contributed by atoms with van der Waals surface area (Å²) in [6.07, 6.45) is 3.36. The van der Waals surface area contributed by atoms with Crippen molar-refractivity contribution in [1.82, 2.24) is 4.98 Å². The van der Waals surface area contributed by atoms with Gasteiger partial charge in [-0.3, -0.25) is 10.1 Å². The Morgan fingerprint density at radius 2 is 2.39 bits per heavy atom. The number of aromatic nitrogens is 1. The molecule has 0 aliphatic carbocycles. The summed E-state index contributed by atoms with van der Waals surface area (Å²) < 4.78 is 5.67. The molecule has 1 atom stereocenters. The predicted molar refractivity (Wildman–Crippen MR) is 72.8 cm³/mol. The molecule has 0 aromatic carbocycles. The van der Waals surface area contributed by atoms with Crippen molar-refractivity contribution in [1.29, 1.82) is 0 Å². The Labute approximate surface area is 114 Å². The Balaban J connectivity index is 2.90. The highest BCUT2D eigenvalue weighted by Gasteiger charge is 2.18. The molecule has 0 aliphatic rings. The molecule has 100 valence electrons. The summed E-state index contributed by atoms with van der Waals surface area (Å²) in [7, 11) is 1.60. The summed E-state index contributed by atoms with van der Waals surface area (Å²) in [6, 6.07) is 1.46. The van der Waals surface area contributed by atoms with Crippen molar-refractivity contribution in [3.05, 3.63) is 26.9 Å². The van der Waals surface area contributed by atoms with Crippen LogP contribution >= 0.6 is 15.9 Å². The van der Waals surface area contributed by atoms with E-state index in [-0.39, 0.29) is 17.5 Å². The van der Waals surface area contributed by atoms with Crippen LogP contribution in [-0.4, -0.2) is 29.7 Å². The van der Waals surface area contributed by atoms with Crippen LogP contribution < -0.4 is 5.32 Å². The minimum Gasteiger partial charge on any atom is -0.383 e. The first-order chi connectivity index (χ1) is 8.58. The summed E-state index contributed by atoms with van der Waals surface area (Å²) in [4.78, 5) is 14.5. The molecule has 1 heterocycles. The molecule has 0 amide bonds. The van der Waals surface area contributed by atoms with E-state index in [0.717, 1.165) is 12.8 Å². The van der Waals surface area contributed by atoms with Crippen molar-refractivity contribution in [3.63, 3.8) is 0 Å². The zero-order valence-electron chi connectivity index (χ0n) is 10.4. The Morgan fingerprint density at radius 3 is 2.94 bits per heavy atom. The fraction of sp³-hybridized carbons (Fsp3) is 0.545. The Kier molecular flexibility index (Phi) is 6.00. The van der Waals surface area contributed by atoms with Gasteiger partial charge in [-0.25, -0.2) is 4.98 Å². The number of nitrogens with one attached hydrogen (secondary N) is 1. The second kappa shape index (κ2) is 7.27. The largest absolute Gasteiger partial charge is 0.383 e. The van der Waals surface area contributed by atoms with Crippen LogP contribution in [-0.2, 0) is 4.74 Å². The van der Waals surface area contributed by atoms with Gasteiger partial charge in [0.25, 0.3) is 0 Å². The van der Waals surface area contributed by atoms with Crippen LogP contribution in [0.15, 0.2) is 16.7 Å².